The van der Waals surface area contributed by atoms with Crippen molar-refractivity contribution in [2.24, 2.45) is 5.92 Å². The molecule has 14 heteroatoms. The molecule has 2 heterocycles. The molecular formula is C35H29F5N4O4S. The second-order valence-electron chi connectivity index (χ2n) is 11.4. The maximum Gasteiger partial charge on any atom is 0.257 e. The van der Waals surface area contributed by atoms with Crippen molar-refractivity contribution in [3.05, 3.63) is 136 Å². The summed E-state index contributed by atoms with van der Waals surface area (Å²) in [6.45, 7) is 1.73. The third-order valence-electron chi connectivity index (χ3n) is 8.21. The lowest BCUT2D eigenvalue weighted by atomic mass is 9.91. The number of aliphatic hydroxyl groups excluding tert-OH is 1. The summed E-state index contributed by atoms with van der Waals surface area (Å²) >= 11 is 1.48. The van der Waals surface area contributed by atoms with Crippen molar-refractivity contribution in [3.63, 3.8) is 0 Å². The van der Waals surface area contributed by atoms with Gasteiger partial charge >= 0.3 is 0 Å². The van der Waals surface area contributed by atoms with Crippen molar-refractivity contribution >= 4 is 17.7 Å². The third-order valence-corrected chi connectivity index (χ3v) is 9.18. The first-order chi connectivity index (χ1) is 23.6. The minimum atomic E-state index is -2.34. The maximum absolute atomic E-state index is 14.1. The molecule has 0 bridgehead atoms. The Kier molecular flexibility index (Phi) is 10.4. The Bertz CT molecular complexity index is 1920. The molecule has 4 aromatic carbocycles. The number of halogens is 5. The minimum absolute atomic E-state index is 0.0495. The van der Waals surface area contributed by atoms with Crippen LogP contribution in [-0.4, -0.2) is 38.1 Å². The van der Waals surface area contributed by atoms with Gasteiger partial charge in [0.1, 0.15) is 11.9 Å². The van der Waals surface area contributed by atoms with Gasteiger partial charge in [-0.05, 0) is 39.9 Å². The molecule has 0 spiro atoms. The highest BCUT2D eigenvalue weighted by molar-refractivity contribution is 7.99. The van der Waals surface area contributed by atoms with Gasteiger partial charge in [-0.2, -0.15) is 5.10 Å². The molecule has 3 N–H and O–H groups in total. The topological polar surface area (TPSA) is 109 Å². The van der Waals surface area contributed by atoms with Crippen molar-refractivity contribution < 1.29 is 41.3 Å². The minimum Gasteiger partial charge on any atom is -0.392 e. The summed E-state index contributed by atoms with van der Waals surface area (Å²) < 4.78 is 82.0. The van der Waals surface area contributed by atoms with Crippen LogP contribution in [-0.2, 0) is 22.6 Å². The van der Waals surface area contributed by atoms with Crippen LogP contribution in [0.5, 0.6) is 0 Å². The Morgan fingerprint density at radius 1 is 0.857 bits per heavy atom. The molecule has 1 amide bonds. The van der Waals surface area contributed by atoms with Crippen LogP contribution in [0.4, 0.5) is 22.0 Å². The molecule has 4 atom stereocenters. The van der Waals surface area contributed by atoms with Gasteiger partial charge in [0, 0.05) is 23.8 Å². The zero-order valence-corrected chi connectivity index (χ0v) is 26.6. The van der Waals surface area contributed by atoms with Crippen molar-refractivity contribution in [1.82, 2.24) is 20.5 Å². The zero-order chi connectivity index (χ0) is 34.7. The van der Waals surface area contributed by atoms with Gasteiger partial charge in [-0.3, -0.25) is 9.89 Å². The van der Waals surface area contributed by atoms with Crippen LogP contribution >= 0.6 is 11.8 Å². The van der Waals surface area contributed by atoms with E-state index in [9.17, 15) is 31.9 Å². The van der Waals surface area contributed by atoms with Crippen molar-refractivity contribution in [3.8, 4) is 11.1 Å². The number of benzene rings is 4. The summed E-state index contributed by atoms with van der Waals surface area (Å²) in [5.74, 6) is -12.1. The van der Waals surface area contributed by atoms with Gasteiger partial charge in [0.05, 0.1) is 18.8 Å². The van der Waals surface area contributed by atoms with Crippen LogP contribution in [0.1, 0.15) is 51.9 Å². The fourth-order valence-corrected chi connectivity index (χ4v) is 6.48. The number of hydrogen-bond donors (Lipinski definition) is 3. The van der Waals surface area contributed by atoms with E-state index in [0.29, 0.717) is 16.5 Å². The molecule has 4 unspecified atom stereocenters. The first-order valence-electron chi connectivity index (χ1n) is 15.1. The second kappa shape index (κ2) is 14.9. The monoisotopic (exact) mass is 696 g/mol. The number of H-pyrrole nitrogens is 1. The van der Waals surface area contributed by atoms with E-state index in [2.05, 4.69) is 27.4 Å². The van der Waals surface area contributed by atoms with Crippen LogP contribution in [0.2, 0.25) is 0 Å². The highest BCUT2D eigenvalue weighted by atomic mass is 32.2. The standard InChI is InChI=1S/C35H29F5N4O4S/c1-18-25(16-49-35-42-17-43-44-35)47-34(48-32(18)21-10-8-19(15-45)9-11-21)24-7-3-6-23(13-24)22-5-2-4-20(12-22)14-41-33(46)26-27(36)29(38)31(40)30(39)28(26)37/h2-13,17-18,25,32,34,45H,14-16H2,1H3,(H,41,46)(H,42,43,44). The summed E-state index contributed by atoms with van der Waals surface area (Å²) in [6.07, 6.45) is 0.111. The van der Waals surface area contributed by atoms with Crippen LogP contribution in [0.25, 0.3) is 11.1 Å². The fourth-order valence-electron chi connectivity index (χ4n) is 5.54. The molecule has 6 rings (SSSR count). The van der Waals surface area contributed by atoms with E-state index in [1.807, 2.05) is 54.6 Å². The summed E-state index contributed by atoms with van der Waals surface area (Å²) in [6, 6.07) is 22.0. The van der Waals surface area contributed by atoms with Crippen LogP contribution in [0.15, 0.2) is 84.3 Å². The van der Waals surface area contributed by atoms with E-state index >= 15 is 0 Å². The number of hydrogen-bond acceptors (Lipinski definition) is 7. The molecule has 5 aromatic rings. The number of amides is 1. The predicted octanol–water partition coefficient (Wildman–Crippen LogP) is 7.17. The summed E-state index contributed by atoms with van der Waals surface area (Å²) in [5.41, 5.74) is 2.91. The molecular weight excluding hydrogens is 667 g/mol. The van der Waals surface area contributed by atoms with Crippen molar-refractivity contribution in [2.75, 3.05) is 5.75 Å². The number of nitrogens with zero attached hydrogens (tertiary/aromatic N) is 2. The number of carbonyl (C=O) groups excluding carboxylic acids is 1. The average molecular weight is 697 g/mol. The van der Waals surface area contributed by atoms with Crippen LogP contribution in [0, 0.1) is 35.0 Å². The van der Waals surface area contributed by atoms with Gasteiger partial charge in [-0.25, -0.2) is 26.9 Å². The van der Waals surface area contributed by atoms with E-state index in [-0.39, 0.29) is 31.3 Å². The Hall–Kier alpha value is -4.63. The first-order valence-corrected chi connectivity index (χ1v) is 16.1. The molecule has 1 fully saturated rings. The Morgan fingerprint density at radius 2 is 1.53 bits per heavy atom. The molecule has 8 nitrogen and oxygen atoms in total. The van der Waals surface area contributed by atoms with Gasteiger partial charge in [0.25, 0.3) is 5.91 Å². The SMILES string of the molecule is CC1C(CSc2ncn[nH]2)OC(c2cccc(-c3cccc(CNC(=O)c4c(F)c(F)c(F)c(F)c4F)c3)c2)OC1c1ccc(CO)cc1. The van der Waals surface area contributed by atoms with Crippen LogP contribution in [0.3, 0.4) is 0 Å². The normalized spacial score (nSPS) is 19.2. The number of nitrogens with one attached hydrogen (secondary N) is 2. The number of aromatic nitrogens is 3. The lowest BCUT2D eigenvalue weighted by molar-refractivity contribution is -0.268. The number of carbonyl (C=O) groups is 1. The fraction of sp³-hybridized carbons (Fsp3) is 0.229. The van der Waals surface area contributed by atoms with Crippen LogP contribution < -0.4 is 5.32 Å². The number of ether oxygens (including phenoxy) is 2. The van der Waals surface area contributed by atoms with E-state index < -0.39 is 46.8 Å². The second-order valence-corrected chi connectivity index (χ2v) is 12.4. The van der Waals surface area contributed by atoms with Gasteiger partial charge in [0.2, 0.25) is 5.82 Å². The smallest absolute Gasteiger partial charge is 0.257 e. The number of aromatic amines is 1. The van der Waals surface area contributed by atoms with E-state index in [4.69, 9.17) is 9.47 Å². The molecule has 0 saturated carbocycles. The Balaban J connectivity index is 1.22. The van der Waals surface area contributed by atoms with Crippen molar-refractivity contribution in [2.45, 2.75) is 43.7 Å². The molecule has 254 valence electrons. The predicted molar refractivity (Wildman–Crippen MR) is 169 cm³/mol. The lowest BCUT2D eigenvalue weighted by Crippen LogP contribution is -2.38. The number of aliphatic hydroxyl groups is 1. The quantitative estimate of drug-likeness (QED) is 0.0615. The third kappa shape index (κ3) is 7.37. The summed E-state index contributed by atoms with van der Waals surface area (Å²) in [7, 11) is 0. The van der Waals surface area contributed by atoms with E-state index in [1.54, 1.807) is 18.2 Å². The Labute approximate surface area is 281 Å². The average Bonchev–Trinajstić information content (AvgIpc) is 3.66. The van der Waals surface area contributed by atoms with E-state index in [0.717, 1.165) is 27.8 Å². The molecule has 0 radical (unpaired) electrons. The molecule has 1 saturated heterocycles. The Morgan fingerprint density at radius 3 is 2.20 bits per heavy atom. The zero-order valence-electron chi connectivity index (χ0n) is 25.8. The molecule has 1 aromatic heterocycles. The number of thioether (sulfide) groups is 1. The summed E-state index contributed by atoms with van der Waals surface area (Å²) in [5, 5.41) is 19.2. The molecule has 1 aliphatic heterocycles. The number of rotatable bonds is 10. The highest BCUT2D eigenvalue weighted by Crippen LogP contribution is 2.43. The van der Waals surface area contributed by atoms with Gasteiger partial charge < -0.3 is 19.9 Å². The van der Waals surface area contributed by atoms with Gasteiger partial charge in [-0.1, -0.05) is 79.3 Å². The summed E-state index contributed by atoms with van der Waals surface area (Å²) in [4.78, 5) is 16.7. The van der Waals surface area contributed by atoms with Gasteiger partial charge in [0.15, 0.2) is 34.7 Å². The maximum atomic E-state index is 14.1. The van der Waals surface area contributed by atoms with Crippen molar-refractivity contribution in [1.29, 1.82) is 0 Å². The lowest BCUT2D eigenvalue weighted by Gasteiger charge is -2.41. The van der Waals surface area contributed by atoms with Gasteiger partial charge in [-0.15, -0.1) is 0 Å². The molecule has 0 aliphatic carbocycles. The molecule has 1 aliphatic rings. The first kappa shape index (κ1) is 34.2. The molecule has 49 heavy (non-hydrogen) atoms. The largest absolute Gasteiger partial charge is 0.392 e. The highest BCUT2D eigenvalue weighted by Gasteiger charge is 2.38. The van der Waals surface area contributed by atoms with E-state index in [1.165, 1.54) is 18.1 Å².